The molecule has 5 heteroatoms. The number of hydrogen-bond acceptors (Lipinski definition) is 5. The molecule has 0 saturated carbocycles. The summed E-state index contributed by atoms with van der Waals surface area (Å²) in [6.45, 7) is 2.78. The van der Waals surface area contributed by atoms with Gasteiger partial charge in [-0.2, -0.15) is 0 Å². The average Bonchev–Trinajstić information content (AvgIpc) is 3.63. The number of fused-ring (bicyclic) bond motifs is 6. The first-order chi connectivity index (χ1) is 27.4. The first-order valence-corrected chi connectivity index (χ1v) is 19.8. The minimum Gasteiger partial charge on any atom is -0.367 e. The van der Waals surface area contributed by atoms with Gasteiger partial charge < -0.3 is 10.2 Å². The van der Waals surface area contributed by atoms with Crippen LogP contribution in [0.5, 0.6) is 0 Å². The number of anilines is 1. The maximum atomic E-state index is 7.38. The van der Waals surface area contributed by atoms with Gasteiger partial charge in [-0.1, -0.05) is 140 Å². The summed E-state index contributed by atoms with van der Waals surface area (Å²) in [7, 11) is 2.08. The van der Waals surface area contributed by atoms with Crippen LogP contribution < -0.4 is 11.1 Å². The van der Waals surface area contributed by atoms with Crippen LogP contribution in [0.3, 0.4) is 0 Å². The molecule has 272 valence electrons. The molecule has 0 unspecified atom stereocenters. The quantitative estimate of drug-likeness (QED) is 0.167. The van der Waals surface area contributed by atoms with Gasteiger partial charge in [-0.25, -0.2) is 0 Å². The van der Waals surface area contributed by atoms with Crippen molar-refractivity contribution in [2.75, 3.05) is 19.0 Å². The van der Waals surface area contributed by atoms with Crippen molar-refractivity contribution in [3.8, 4) is 33.4 Å². The Bertz CT molecular complexity index is 2760. The highest BCUT2D eigenvalue weighted by Gasteiger charge is 2.29. The highest BCUT2D eigenvalue weighted by molar-refractivity contribution is 7.26. The van der Waals surface area contributed by atoms with Crippen molar-refractivity contribution in [3.05, 3.63) is 204 Å². The fraction of sp³-hybridized carbons (Fsp3) is 0.0784. The number of nitrogens with one attached hydrogen (secondary N) is 1. The van der Waals surface area contributed by atoms with Crippen molar-refractivity contribution < 1.29 is 0 Å². The second-order valence-electron chi connectivity index (χ2n) is 14.4. The van der Waals surface area contributed by atoms with Crippen molar-refractivity contribution in [1.82, 2.24) is 4.90 Å². The summed E-state index contributed by atoms with van der Waals surface area (Å²) < 4.78 is 2.56. The molecule has 4 nitrogen and oxygen atoms in total. The average molecular weight is 743 g/mol. The lowest BCUT2D eigenvalue weighted by Crippen LogP contribution is -2.37. The van der Waals surface area contributed by atoms with E-state index in [9.17, 15) is 0 Å². The Kier molecular flexibility index (Phi) is 9.40. The third-order valence-electron chi connectivity index (χ3n) is 10.7. The van der Waals surface area contributed by atoms with Crippen molar-refractivity contribution in [2.45, 2.75) is 12.6 Å². The van der Waals surface area contributed by atoms with Gasteiger partial charge in [-0.3, -0.25) is 10.7 Å². The summed E-state index contributed by atoms with van der Waals surface area (Å²) in [5.74, 6) is 0. The summed E-state index contributed by atoms with van der Waals surface area (Å²) in [6, 6.07) is 58.0. The van der Waals surface area contributed by atoms with Gasteiger partial charge in [0.1, 0.15) is 0 Å². The molecule has 0 saturated heterocycles. The number of para-hydroxylation sites is 1. The predicted octanol–water partition coefficient (Wildman–Crippen LogP) is 12.6. The molecule has 3 N–H and O–H groups in total. The number of thiophene rings is 1. The molecule has 0 atom stereocenters. The zero-order valence-corrected chi connectivity index (χ0v) is 32.3. The first kappa shape index (κ1) is 35.2. The minimum atomic E-state index is -1.08. The van der Waals surface area contributed by atoms with Gasteiger partial charge in [-0.05, 0) is 99.5 Å². The minimum absolute atomic E-state index is 0.693. The van der Waals surface area contributed by atoms with Crippen LogP contribution in [0.15, 0.2) is 187 Å². The van der Waals surface area contributed by atoms with E-state index in [2.05, 4.69) is 176 Å². The van der Waals surface area contributed by atoms with Gasteiger partial charge in [0.15, 0.2) is 5.66 Å². The number of benzene rings is 7. The summed E-state index contributed by atoms with van der Waals surface area (Å²) in [5, 5.41) is 6.22. The maximum Gasteiger partial charge on any atom is 0.160 e. The number of hydrogen-bond donors (Lipinski definition) is 2. The Labute approximate surface area is 332 Å². The monoisotopic (exact) mass is 742 g/mol. The SMILES string of the molecule is C/C(=N\C(N)(c1ccccc1)c1ccccc1)c1cc(-c2ccc3c(c2)-c2ccccc2NCN(C)/C=C\C=C/3)cc(-c2cccc3c2sc2ccccc23)c1. The Morgan fingerprint density at radius 3 is 2.12 bits per heavy atom. The van der Waals surface area contributed by atoms with Gasteiger partial charge in [-0.15, -0.1) is 11.3 Å². The molecule has 9 rings (SSSR count). The Morgan fingerprint density at radius 1 is 0.643 bits per heavy atom. The molecular weight excluding hydrogens is 701 g/mol. The van der Waals surface area contributed by atoms with Crippen LogP contribution in [-0.2, 0) is 5.66 Å². The molecule has 0 amide bonds. The van der Waals surface area contributed by atoms with Crippen LogP contribution in [0.25, 0.3) is 59.6 Å². The molecule has 0 aliphatic carbocycles. The Hall–Kier alpha value is -6.53. The summed E-state index contributed by atoms with van der Waals surface area (Å²) >= 11 is 1.85. The second-order valence-corrected chi connectivity index (χ2v) is 15.5. The number of rotatable bonds is 6. The van der Waals surface area contributed by atoms with E-state index in [0.717, 1.165) is 61.5 Å². The molecule has 2 heterocycles. The lowest BCUT2D eigenvalue weighted by atomic mass is 9.89. The molecule has 7 aromatic carbocycles. The molecule has 56 heavy (non-hydrogen) atoms. The molecule has 8 aromatic rings. The molecule has 0 bridgehead atoms. The fourth-order valence-corrected chi connectivity index (χ4v) is 8.99. The molecule has 0 spiro atoms. The van der Waals surface area contributed by atoms with Gasteiger partial charge in [0.2, 0.25) is 0 Å². The van der Waals surface area contributed by atoms with E-state index < -0.39 is 5.66 Å². The van der Waals surface area contributed by atoms with E-state index in [1.807, 2.05) is 47.7 Å². The van der Waals surface area contributed by atoms with Crippen LogP contribution in [0.1, 0.15) is 29.2 Å². The van der Waals surface area contributed by atoms with Crippen LogP contribution >= 0.6 is 11.3 Å². The smallest absolute Gasteiger partial charge is 0.160 e. The number of allylic oxidation sites excluding steroid dienone is 2. The first-order valence-electron chi connectivity index (χ1n) is 19.0. The lowest BCUT2D eigenvalue weighted by molar-refractivity contribution is 0.491. The normalized spacial score (nSPS) is 14.4. The maximum absolute atomic E-state index is 7.38. The van der Waals surface area contributed by atoms with Crippen LogP contribution in [0.2, 0.25) is 0 Å². The van der Waals surface area contributed by atoms with Gasteiger partial charge in [0, 0.05) is 50.4 Å². The number of nitrogens with zero attached hydrogens (tertiary/aromatic N) is 2. The Morgan fingerprint density at radius 2 is 1.32 bits per heavy atom. The lowest BCUT2D eigenvalue weighted by Gasteiger charge is -2.27. The van der Waals surface area contributed by atoms with Crippen molar-refractivity contribution in [1.29, 1.82) is 0 Å². The molecule has 1 aromatic heterocycles. The van der Waals surface area contributed by atoms with Gasteiger partial charge in [0.05, 0.1) is 6.67 Å². The summed E-state index contributed by atoms with van der Waals surface area (Å²) in [4.78, 5) is 7.55. The van der Waals surface area contributed by atoms with Gasteiger partial charge >= 0.3 is 0 Å². The van der Waals surface area contributed by atoms with E-state index in [0.29, 0.717) is 6.67 Å². The standard InChI is InChI=1S/C51H42N4S/c1-35(54-51(52,41-17-5-3-6-18-41)42-19-7-4-8-20-42)38-30-39(32-40(31-38)43-23-15-24-46-45-22-10-12-26-49(45)56-50(43)46)37-28-27-36-16-13-14-29-55(2)34-53-48-25-11-9-21-44(48)47(36)33-37/h3-33,53H,34,52H2,1-2H3/b16-13-,29-14-,54-35+. The summed E-state index contributed by atoms with van der Waals surface area (Å²) in [5.41, 5.74) is 19.2. The van der Waals surface area contributed by atoms with E-state index in [4.69, 9.17) is 10.7 Å². The van der Waals surface area contributed by atoms with Crippen molar-refractivity contribution in [3.63, 3.8) is 0 Å². The molecule has 0 radical (unpaired) electrons. The predicted molar refractivity (Wildman–Crippen MR) is 240 cm³/mol. The van der Waals surface area contributed by atoms with Crippen LogP contribution in [0, 0.1) is 0 Å². The molecule has 1 aliphatic rings. The van der Waals surface area contributed by atoms with E-state index in [1.165, 1.54) is 25.7 Å². The molecule has 1 aliphatic heterocycles. The number of nitrogens with two attached hydrogens (primary N) is 1. The highest BCUT2D eigenvalue weighted by atomic mass is 32.1. The van der Waals surface area contributed by atoms with Crippen molar-refractivity contribution in [2.24, 2.45) is 10.7 Å². The van der Waals surface area contributed by atoms with Crippen LogP contribution in [0.4, 0.5) is 5.69 Å². The fourth-order valence-electron chi connectivity index (χ4n) is 7.75. The van der Waals surface area contributed by atoms with Crippen molar-refractivity contribution >= 4 is 49.0 Å². The third kappa shape index (κ3) is 6.72. The van der Waals surface area contributed by atoms with Gasteiger partial charge in [0.25, 0.3) is 0 Å². The highest BCUT2D eigenvalue weighted by Crippen LogP contribution is 2.42. The molecule has 0 fully saturated rings. The van der Waals surface area contributed by atoms with E-state index in [-0.39, 0.29) is 0 Å². The number of aliphatic imine (C=N–C) groups is 1. The topological polar surface area (TPSA) is 53.6 Å². The summed E-state index contributed by atoms with van der Waals surface area (Å²) in [6.07, 6.45) is 8.49. The van der Waals surface area contributed by atoms with Crippen LogP contribution in [-0.4, -0.2) is 24.3 Å². The zero-order valence-electron chi connectivity index (χ0n) is 31.5. The Balaban J connectivity index is 1.26. The molecular formula is C51H42N4S. The van der Waals surface area contributed by atoms with E-state index >= 15 is 0 Å². The van der Waals surface area contributed by atoms with E-state index in [1.54, 1.807) is 0 Å². The third-order valence-corrected chi connectivity index (χ3v) is 11.9. The second kappa shape index (κ2) is 15.0. The largest absolute Gasteiger partial charge is 0.367 e. The zero-order chi connectivity index (χ0) is 38.1.